The van der Waals surface area contributed by atoms with E-state index in [0.29, 0.717) is 12.6 Å². The van der Waals surface area contributed by atoms with Crippen LogP contribution in [-0.4, -0.2) is 56.0 Å². The number of nitrogens with zero attached hydrogens (tertiary/aromatic N) is 1. The molecule has 126 valence electrons. The summed E-state index contributed by atoms with van der Waals surface area (Å²) in [6.45, 7) is 8.75. The number of nitrogens with one attached hydrogen (secondary N) is 1. The van der Waals surface area contributed by atoms with Crippen molar-refractivity contribution in [3.8, 4) is 0 Å². The van der Waals surface area contributed by atoms with Crippen molar-refractivity contribution >= 4 is 6.09 Å². The van der Waals surface area contributed by atoms with Crippen molar-refractivity contribution in [2.75, 3.05) is 33.4 Å². The van der Waals surface area contributed by atoms with E-state index in [9.17, 15) is 4.79 Å². The summed E-state index contributed by atoms with van der Waals surface area (Å²) < 4.78 is 10.7. The largest absolute Gasteiger partial charge is 0.444 e. The van der Waals surface area contributed by atoms with E-state index in [-0.39, 0.29) is 6.09 Å². The van der Waals surface area contributed by atoms with E-state index >= 15 is 0 Å². The number of carbonyl (C=O) groups excluding carboxylic acids is 1. The van der Waals surface area contributed by atoms with E-state index in [2.05, 4.69) is 11.4 Å². The van der Waals surface area contributed by atoms with Gasteiger partial charge in [0.25, 0.3) is 0 Å². The third kappa shape index (κ3) is 5.61. The Morgan fingerprint density at radius 1 is 1.45 bits per heavy atom. The van der Waals surface area contributed by atoms with Crippen LogP contribution in [-0.2, 0) is 9.47 Å². The summed E-state index contributed by atoms with van der Waals surface area (Å²) in [5, 5.41) is 3.61. The summed E-state index contributed by atoms with van der Waals surface area (Å²) >= 11 is 0. The quantitative estimate of drug-likeness (QED) is 0.766. The fourth-order valence-electron chi connectivity index (χ4n) is 2.67. The highest BCUT2D eigenvalue weighted by molar-refractivity contribution is 5.68. The Labute approximate surface area is 134 Å². The fraction of sp³-hybridized carbons (Fsp3) is 0.824. The van der Waals surface area contributed by atoms with Crippen molar-refractivity contribution in [2.24, 2.45) is 5.92 Å². The molecule has 2 aliphatic rings. The number of carbonyl (C=O) groups is 1. The van der Waals surface area contributed by atoms with E-state index in [0.717, 1.165) is 32.0 Å². The summed E-state index contributed by atoms with van der Waals surface area (Å²) in [7, 11) is 1.76. The first-order valence-electron chi connectivity index (χ1n) is 8.27. The van der Waals surface area contributed by atoms with Gasteiger partial charge in [0.1, 0.15) is 5.60 Å². The van der Waals surface area contributed by atoms with Gasteiger partial charge in [-0.2, -0.15) is 0 Å². The van der Waals surface area contributed by atoms with Crippen molar-refractivity contribution in [3.63, 3.8) is 0 Å². The summed E-state index contributed by atoms with van der Waals surface area (Å²) in [6, 6.07) is 0.467. The predicted molar refractivity (Wildman–Crippen MR) is 86.9 cm³/mol. The van der Waals surface area contributed by atoms with Crippen LogP contribution < -0.4 is 5.32 Å². The van der Waals surface area contributed by atoms with E-state index in [1.54, 1.807) is 12.0 Å². The van der Waals surface area contributed by atoms with Crippen molar-refractivity contribution in [2.45, 2.75) is 51.7 Å². The summed E-state index contributed by atoms with van der Waals surface area (Å²) in [6.07, 6.45) is 5.47. The summed E-state index contributed by atoms with van der Waals surface area (Å²) in [5.41, 5.74) is 0.946. The normalized spacial score (nSPS) is 20.5. The third-order valence-electron chi connectivity index (χ3n) is 4.08. The molecule has 1 N–H and O–H groups in total. The van der Waals surface area contributed by atoms with Crippen molar-refractivity contribution in [1.82, 2.24) is 10.2 Å². The minimum absolute atomic E-state index is 0.217. The average molecular weight is 310 g/mol. The Morgan fingerprint density at radius 2 is 2.18 bits per heavy atom. The molecule has 1 aliphatic carbocycles. The molecule has 0 spiro atoms. The van der Waals surface area contributed by atoms with Gasteiger partial charge in [-0.25, -0.2) is 4.79 Å². The molecular formula is C17H30N2O3. The highest BCUT2D eigenvalue weighted by atomic mass is 16.6. The molecule has 2 rings (SSSR count). The Balaban J connectivity index is 1.75. The molecule has 5 nitrogen and oxygen atoms in total. The van der Waals surface area contributed by atoms with Gasteiger partial charge in [-0.3, -0.25) is 0 Å². The van der Waals surface area contributed by atoms with Crippen LogP contribution in [0.3, 0.4) is 0 Å². The molecule has 1 amide bonds. The first-order valence-corrected chi connectivity index (χ1v) is 8.27. The van der Waals surface area contributed by atoms with Crippen LogP contribution in [0, 0.1) is 5.92 Å². The molecule has 5 heteroatoms. The Hall–Kier alpha value is -1.07. The van der Waals surface area contributed by atoms with Gasteiger partial charge in [-0.1, -0.05) is 11.6 Å². The molecule has 1 saturated carbocycles. The molecule has 1 aliphatic heterocycles. The second-order valence-corrected chi connectivity index (χ2v) is 7.32. The fourth-order valence-corrected chi connectivity index (χ4v) is 2.67. The number of hydrogen-bond acceptors (Lipinski definition) is 4. The zero-order valence-corrected chi connectivity index (χ0v) is 14.4. The van der Waals surface area contributed by atoms with Crippen molar-refractivity contribution in [1.29, 1.82) is 0 Å². The van der Waals surface area contributed by atoms with E-state index < -0.39 is 5.60 Å². The lowest BCUT2D eigenvalue weighted by Crippen LogP contribution is -2.41. The molecule has 1 atom stereocenters. The molecule has 0 saturated heterocycles. The van der Waals surface area contributed by atoms with Crippen LogP contribution >= 0.6 is 0 Å². The second kappa shape index (κ2) is 7.47. The number of amides is 1. The molecule has 1 fully saturated rings. The molecule has 0 aromatic rings. The van der Waals surface area contributed by atoms with Gasteiger partial charge in [0.2, 0.25) is 0 Å². The minimum Gasteiger partial charge on any atom is -0.444 e. The molecular weight excluding hydrogens is 280 g/mol. The number of methoxy groups -OCH3 is 1. The van der Waals surface area contributed by atoms with Gasteiger partial charge in [0.15, 0.2) is 0 Å². The van der Waals surface area contributed by atoms with Gasteiger partial charge < -0.3 is 19.7 Å². The summed E-state index contributed by atoms with van der Waals surface area (Å²) in [4.78, 5) is 13.8. The predicted octanol–water partition coefficient (Wildman–Crippen LogP) is 2.57. The first-order chi connectivity index (χ1) is 10.4. The van der Waals surface area contributed by atoms with Gasteiger partial charge in [0, 0.05) is 32.8 Å². The molecule has 1 heterocycles. The van der Waals surface area contributed by atoms with Crippen LogP contribution in [0.2, 0.25) is 0 Å². The molecule has 1 unspecified atom stereocenters. The Kier molecular flexibility index (Phi) is 5.87. The monoisotopic (exact) mass is 310 g/mol. The van der Waals surface area contributed by atoms with Crippen molar-refractivity contribution < 1.29 is 14.3 Å². The van der Waals surface area contributed by atoms with Gasteiger partial charge in [-0.05, 0) is 46.0 Å². The second-order valence-electron chi connectivity index (χ2n) is 7.32. The molecule has 0 aromatic carbocycles. The highest BCUT2D eigenvalue weighted by Crippen LogP contribution is 2.32. The maximum absolute atomic E-state index is 12.0. The lowest BCUT2D eigenvalue weighted by molar-refractivity contribution is 0.0265. The van der Waals surface area contributed by atoms with Crippen LogP contribution in [0.1, 0.15) is 40.0 Å². The van der Waals surface area contributed by atoms with E-state index in [1.165, 1.54) is 18.4 Å². The number of ether oxygens (including phenoxy) is 2. The SMILES string of the molecule is COCC(NCC1=CCN(C(=O)OC(C)(C)C)CC1)C1CC1. The Morgan fingerprint density at radius 3 is 2.68 bits per heavy atom. The highest BCUT2D eigenvalue weighted by Gasteiger charge is 2.31. The first kappa shape index (κ1) is 17.3. The van der Waals surface area contributed by atoms with Gasteiger partial charge in [-0.15, -0.1) is 0 Å². The zero-order chi connectivity index (χ0) is 16.2. The van der Waals surface area contributed by atoms with E-state index in [1.807, 2.05) is 20.8 Å². The lowest BCUT2D eigenvalue weighted by Gasteiger charge is -2.30. The average Bonchev–Trinajstić information content (AvgIpc) is 3.26. The maximum atomic E-state index is 12.0. The Bertz CT molecular complexity index is 411. The van der Waals surface area contributed by atoms with E-state index in [4.69, 9.17) is 9.47 Å². The molecule has 0 aromatic heterocycles. The van der Waals surface area contributed by atoms with Crippen LogP contribution in [0.15, 0.2) is 11.6 Å². The van der Waals surface area contributed by atoms with Crippen LogP contribution in [0.25, 0.3) is 0 Å². The smallest absolute Gasteiger partial charge is 0.410 e. The van der Waals surface area contributed by atoms with Gasteiger partial charge >= 0.3 is 6.09 Å². The van der Waals surface area contributed by atoms with Crippen molar-refractivity contribution in [3.05, 3.63) is 11.6 Å². The standard InChI is InChI=1S/C17H30N2O3/c1-17(2,3)22-16(20)19-9-7-13(8-10-19)11-18-15(12-21-4)14-5-6-14/h7,14-15,18H,5-6,8-12H2,1-4H3. The van der Waals surface area contributed by atoms with Gasteiger partial charge in [0.05, 0.1) is 6.61 Å². The molecule has 0 bridgehead atoms. The lowest BCUT2D eigenvalue weighted by atomic mass is 10.1. The topological polar surface area (TPSA) is 50.8 Å². The number of hydrogen-bond donors (Lipinski definition) is 1. The number of rotatable bonds is 6. The molecule has 0 radical (unpaired) electrons. The minimum atomic E-state index is -0.430. The van der Waals surface area contributed by atoms with Crippen LogP contribution in [0.5, 0.6) is 0 Å². The van der Waals surface area contributed by atoms with Crippen LogP contribution in [0.4, 0.5) is 4.79 Å². The maximum Gasteiger partial charge on any atom is 0.410 e. The zero-order valence-electron chi connectivity index (χ0n) is 14.4. The summed E-state index contributed by atoms with van der Waals surface area (Å²) in [5.74, 6) is 0.780. The molecule has 22 heavy (non-hydrogen) atoms. The third-order valence-corrected chi connectivity index (χ3v) is 4.08.